The summed E-state index contributed by atoms with van der Waals surface area (Å²) < 4.78 is 24.6. The van der Waals surface area contributed by atoms with Gasteiger partial charge in [-0.3, -0.25) is 15.2 Å². The first-order chi connectivity index (χ1) is 17.9. The highest BCUT2D eigenvalue weighted by molar-refractivity contribution is 5.96. The van der Waals surface area contributed by atoms with Crippen molar-refractivity contribution in [1.82, 2.24) is 19.4 Å². The van der Waals surface area contributed by atoms with Crippen molar-refractivity contribution in [2.24, 2.45) is 13.0 Å². The van der Waals surface area contributed by atoms with Gasteiger partial charge in [-0.1, -0.05) is 24.3 Å². The molecule has 1 atom stereocenters. The molecule has 0 spiro atoms. The predicted molar refractivity (Wildman–Crippen MR) is 139 cm³/mol. The molecule has 8 heteroatoms. The van der Waals surface area contributed by atoms with Gasteiger partial charge in [-0.15, -0.1) is 0 Å². The lowest BCUT2D eigenvalue weighted by molar-refractivity contribution is 0.0926. The minimum Gasteiger partial charge on any atom is -0.497 e. The Labute approximate surface area is 215 Å². The Bertz CT molecular complexity index is 1520. The second-order valence-electron chi connectivity index (χ2n) is 9.58. The van der Waals surface area contributed by atoms with Crippen LogP contribution in [0.1, 0.15) is 46.1 Å². The molecule has 0 aliphatic heterocycles. The second-order valence-corrected chi connectivity index (χ2v) is 9.58. The minimum absolute atomic E-state index is 0.0210. The van der Waals surface area contributed by atoms with Gasteiger partial charge in [0.15, 0.2) is 0 Å². The van der Waals surface area contributed by atoms with Crippen molar-refractivity contribution in [1.29, 1.82) is 5.41 Å². The van der Waals surface area contributed by atoms with Crippen molar-refractivity contribution < 1.29 is 13.9 Å². The summed E-state index contributed by atoms with van der Waals surface area (Å²) in [5, 5.41) is 11.3. The average Bonchev–Trinajstić information content (AvgIpc) is 3.70. The molecule has 1 fully saturated rings. The van der Waals surface area contributed by atoms with Gasteiger partial charge in [0.25, 0.3) is 5.91 Å². The monoisotopic (exact) mass is 499 g/mol. The van der Waals surface area contributed by atoms with Gasteiger partial charge in [-0.25, -0.2) is 4.39 Å². The van der Waals surface area contributed by atoms with Gasteiger partial charge < -0.3 is 19.2 Å². The summed E-state index contributed by atoms with van der Waals surface area (Å²) in [5.74, 6) is -0.166. The van der Waals surface area contributed by atoms with E-state index in [0.717, 1.165) is 29.5 Å². The number of halogens is 1. The van der Waals surface area contributed by atoms with Gasteiger partial charge in [0.2, 0.25) is 5.62 Å². The van der Waals surface area contributed by atoms with Crippen LogP contribution in [0.2, 0.25) is 0 Å². The third kappa shape index (κ3) is 5.05. The van der Waals surface area contributed by atoms with Crippen LogP contribution in [0, 0.1) is 24.1 Å². The number of aryl methyl sites for hydroxylation is 2. The summed E-state index contributed by atoms with van der Waals surface area (Å²) >= 11 is 0. The van der Waals surface area contributed by atoms with Crippen LogP contribution in [0.25, 0.3) is 11.1 Å². The zero-order valence-electron chi connectivity index (χ0n) is 21.2. The van der Waals surface area contributed by atoms with Crippen molar-refractivity contribution >= 4 is 5.91 Å². The maximum Gasteiger partial charge on any atom is 0.254 e. The van der Waals surface area contributed by atoms with Crippen molar-refractivity contribution in [3.05, 3.63) is 101 Å². The first-order valence-electron chi connectivity index (χ1n) is 12.3. The zero-order valence-corrected chi connectivity index (χ0v) is 21.2. The maximum absolute atomic E-state index is 16.0. The highest BCUT2D eigenvalue weighted by atomic mass is 19.1. The van der Waals surface area contributed by atoms with Gasteiger partial charge in [0, 0.05) is 37.3 Å². The molecular formula is C29H30FN5O2. The number of ether oxygens (including phenoxy) is 1. The molecule has 2 aromatic carbocycles. The van der Waals surface area contributed by atoms with E-state index in [9.17, 15) is 4.79 Å². The van der Waals surface area contributed by atoms with Crippen LogP contribution < -0.4 is 15.7 Å². The Balaban J connectivity index is 1.56. The van der Waals surface area contributed by atoms with Crippen LogP contribution in [0.3, 0.4) is 0 Å². The lowest BCUT2D eigenvalue weighted by Gasteiger charge is -2.20. The van der Waals surface area contributed by atoms with Gasteiger partial charge >= 0.3 is 0 Å². The predicted octanol–water partition coefficient (Wildman–Crippen LogP) is 4.75. The quantitative estimate of drug-likeness (QED) is 0.367. The fourth-order valence-electron chi connectivity index (χ4n) is 4.66. The molecule has 0 saturated heterocycles. The van der Waals surface area contributed by atoms with Crippen LogP contribution in [0.15, 0.2) is 67.1 Å². The summed E-state index contributed by atoms with van der Waals surface area (Å²) in [6.07, 6.45) is 7.08. The molecule has 1 amide bonds. The number of amides is 1. The fraction of sp³-hybridized carbons (Fsp3) is 0.276. The minimum atomic E-state index is -0.585. The smallest absolute Gasteiger partial charge is 0.254 e. The normalized spacial score (nSPS) is 13.8. The van der Waals surface area contributed by atoms with E-state index in [-0.39, 0.29) is 29.7 Å². The van der Waals surface area contributed by atoms with E-state index in [1.165, 1.54) is 0 Å². The summed E-state index contributed by atoms with van der Waals surface area (Å²) in [6, 6.07) is 14.5. The van der Waals surface area contributed by atoms with Crippen molar-refractivity contribution in [3.63, 3.8) is 0 Å². The lowest BCUT2D eigenvalue weighted by Crippen LogP contribution is -2.31. The molecule has 1 aliphatic rings. The number of aromatic nitrogens is 3. The topological polar surface area (TPSA) is 84.9 Å². The summed E-state index contributed by atoms with van der Waals surface area (Å²) in [7, 11) is 3.35. The van der Waals surface area contributed by atoms with Crippen LogP contribution in [0.4, 0.5) is 4.39 Å². The standard InChI is InChI=1S/C29H30FN5O2/c1-18-6-4-5-7-23(18)20-14-21(17-35-13-12-34(2)29(35)31)26(30)24(15-20)28(36)33-27(19-8-9-19)25-16-22(37-3)10-11-32-25/h4-7,10-16,19,27,31H,8-9,17H2,1-3H3,(H,33,36). The van der Waals surface area contributed by atoms with E-state index in [0.29, 0.717) is 17.0 Å². The first kappa shape index (κ1) is 24.5. The Morgan fingerprint density at radius 1 is 1.22 bits per heavy atom. The number of imidazole rings is 1. The number of nitrogens with zero attached hydrogens (tertiary/aromatic N) is 3. The molecule has 5 rings (SSSR count). The third-order valence-corrected chi connectivity index (χ3v) is 6.95. The molecular weight excluding hydrogens is 469 g/mol. The Morgan fingerprint density at radius 2 is 2.00 bits per heavy atom. The maximum atomic E-state index is 16.0. The number of carbonyl (C=O) groups excluding carboxylic acids is 1. The molecule has 4 aromatic rings. The zero-order chi connectivity index (χ0) is 26.1. The van der Waals surface area contributed by atoms with Crippen molar-refractivity contribution in [2.45, 2.75) is 32.4 Å². The molecule has 1 aliphatic carbocycles. The molecule has 0 bridgehead atoms. The van der Waals surface area contributed by atoms with E-state index in [1.807, 2.05) is 37.3 Å². The summed E-state index contributed by atoms with van der Waals surface area (Å²) in [5.41, 5.74) is 3.97. The average molecular weight is 500 g/mol. The highest BCUT2D eigenvalue weighted by Crippen LogP contribution is 2.41. The number of benzene rings is 2. The molecule has 190 valence electrons. The number of carbonyl (C=O) groups is 1. The Kier molecular flexibility index (Phi) is 6.65. The first-order valence-corrected chi connectivity index (χ1v) is 12.3. The van der Waals surface area contributed by atoms with Gasteiger partial charge in [-0.05, 0) is 60.6 Å². The number of hydrogen-bond donors (Lipinski definition) is 2. The SMILES string of the molecule is COc1ccnc(C(NC(=O)c2cc(-c3ccccc3C)cc(Cn3ccn(C)c3=N)c2F)C2CC2)c1. The number of rotatable bonds is 8. The van der Waals surface area contributed by atoms with Crippen LogP contribution in [-0.2, 0) is 13.6 Å². The number of nitrogens with one attached hydrogen (secondary N) is 2. The van der Waals surface area contributed by atoms with Crippen LogP contribution in [0.5, 0.6) is 5.75 Å². The summed E-state index contributed by atoms with van der Waals surface area (Å²) in [6.45, 7) is 2.12. The number of hydrogen-bond acceptors (Lipinski definition) is 4. The van der Waals surface area contributed by atoms with Gasteiger partial charge in [0.1, 0.15) is 11.6 Å². The van der Waals surface area contributed by atoms with E-state index in [4.69, 9.17) is 10.1 Å². The Morgan fingerprint density at radius 3 is 2.68 bits per heavy atom. The molecule has 0 radical (unpaired) electrons. The van der Waals surface area contributed by atoms with Gasteiger partial charge in [-0.2, -0.15) is 0 Å². The molecule has 37 heavy (non-hydrogen) atoms. The fourth-order valence-corrected chi connectivity index (χ4v) is 4.66. The van der Waals surface area contributed by atoms with Crippen LogP contribution in [-0.4, -0.2) is 27.1 Å². The highest BCUT2D eigenvalue weighted by Gasteiger charge is 2.35. The molecule has 1 saturated carbocycles. The van der Waals surface area contributed by atoms with Crippen molar-refractivity contribution in [3.8, 4) is 16.9 Å². The van der Waals surface area contributed by atoms with Crippen molar-refractivity contribution in [2.75, 3.05) is 7.11 Å². The molecule has 7 nitrogen and oxygen atoms in total. The van der Waals surface area contributed by atoms with E-state index >= 15 is 4.39 Å². The largest absolute Gasteiger partial charge is 0.497 e. The third-order valence-electron chi connectivity index (χ3n) is 6.95. The Hall–Kier alpha value is -4.20. The molecule has 2 N–H and O–H groups in total. The summed E-state index contributed by atoms with van der Waals surface area (Å²) in [4.78, 5) is 18.1. The lowest BCUT2D eigenvalue weighted by atomic mass is 9.95. The molecule has 1 unspecified atom stereocenters. The molecule has 2 aromatic heterocycles. The second kappa shape index (κ2) is 10.0. The van der Waals surface area contributed by atoms with Gasteiger partial charge in [0.05, 0.1) is 31.0 Å². The van der Waals surface area contributed by atoms with E-state index < -0.39 is 11.7 Å². The number of methoxy groups -OCH3 is 1. The van der Waals surface area contributed by atoms with Crippen LogP contribution >= 0.6 is 0 Å². The number of pyridine rings is 1. The van der Waals surface area contributed by atoms with E-state index in [2.05, 4.69) is 10.3 Å². The molecule has 2 heterocycles. The van der Waals surface area contributed by atoms with E-state index in [1.54, 1.807) is 60.1 Å².